The van der Waals surface area contributed by atoms with Crippen LogP contribution in [0, 0.1) is 28.4 Å². The summed E-state index contributed by atoms with van der Waals surface area (Å²) in [6.45, 7) is 13.9. The maximum absolute atomic E-state index is 14.7. The molecule has 4 saturated heterocycles. The van der Waals surface area contributed by atoms with Crippen molar-refractivity contribution in [2.75, 3.05) is 113 Å². The summed E-state index contributed by atoms with van der Waals surface area (Å²) >= 11 is 0. The standard InChI is InChI=1S/C59H70N12O10S/c1-37-6-4-5-7-44(37)50-35-66(34-39-26-51(77-3)55(61-32-39)68-20-24-79-25-21-68)18-19-69(50)43-30-59(31-43)13-16-67(17-14-59)42-8-9-45(47(28-42)70-33-38(2)81-57-49(70)27-41-10-15-60-54(41)64-57)56(72)65-82(75,76)52-29-48(71(73)74)53-58(63-52)80-36-46(62-53)40-11-22-78-23-12-40/h4-10,15,26-29,32,38,40,43,46,50,62H,11-14,16-25,30-31,33-36H2,1-3H3,(H,60,64)(H,65,72)/t38-,46+,50-/m0/s1. The molecule has 1 aliphatic carbocycles. The van der Waals surface area contributed by atoms with Gasteiger partial charge in [0.1, 0.15) is 24.0 Å². The van der Waals surface area contributed by atoms with Crippen molar-refractivity contribution in [1.82, 2.24) is 34.5 Å². The van der Waals surface area contributed by atoms with E-state index in [1.54, 1.807) is 19.4 Å². The Morgan fingerprint density at radius 2 is 1.70 bits per heavy atom. The Balaban J connectivity index is 0.728. The molecule has 10 heterocycles. The quantitative estimate of drug-likeness (QED) is 0.0757. The first kappa shape index (κ1) is 54.0. The first-order valence-corrected chi connectivity index (χ1v) is 30.2. The number of H-pyrrole nitrogens is 1. The lowest BCUT2D eigenvalue weighted by molar-refractivity contribution is -0.384. The van der Waals surface area contributed by atoms with Gasteiger partial charge in [-0.3, -0.25) is 24.7 Å². The van der Waals surface area contributed by atoms with Gasteiger partial charge in [-0.1, -0.05) is 24.3 Å². The number of hydrogen-bond donors (Lipinski definition) is 3. The zero-order valence-corrected chi connectivity index (χ0v) is 47.4. The molecule has 5 fully saturated rings. The summed E-state index contributed by atoms with van der Waals surface area (Å²) in [5.41, 5.74) is 6.19. The molecule has 432 valence electrons. The highest BCUT2D eigenvalue weighted by Gasteiger charge is 2.50. The van der Waals surface area contributed by atoms with Crippen molar-refractivity contribution in [3.63, 3.8) is 0 Å². The van der Waals surface area contributed by atoms with E-state index in [9.17, 15) is 23.3 Å². The number of sulfonamides is 1. The average molecular weight is 1140 g/mol. The Hall–Kier alpha value is -7.31. The molecule has 82 heavy (non-hydrogen) atoms. The van der Waals surface area contributed by atoms with Crippen LogP contribution in [0.1, 0.15) is 78.5 Å². The Bertz CT molecular complexity index is 3500. The number of amides is 1. The highest BCUT2D eigenvalue weighted by atomic mass is 32.2. The van der Waals surface area contributed by atoms with Crippen molar-refractivity contribution in [1.29, 1.82) is 0 Å². The number of piperazine rings is 1. The van der Waals surface area contributed by atoms with Gasteiger partial charge in [0, 0.05) is 101 Å². The average Bonchev–Trinajstić information content (AvgIpc) is 4.12. The number of carbonyl (C=O) groups is 1. The van der Waals surface area contributed by atoms with Gasteiger partial charge in [-0.15, -0.1) is 0 Å². The minimum Gasteiger partial charge on any atom is -0.493 e. The number of nitrogens with one attached hydrogen (secondary N) is 3. The Morgan fingerprint density at radius 3 is 2.48 bits per heavy atom. The molecule has 1 saturated carbocycles. The third kappa shape index (κ3) is 10.5. The summed E-state index contributed by atoms with van der Waals surface area (Å²) in [4.78, 5) is 55.5. The Morgan fingerprint density at radius 1 is 0.902 bits per heavy atom. The van der Waals surface area contributed by atoms with Gasteiger partial charge in [-0.2, -0.15) is 18.4 Å². The molecule has 3 atom stereocenters. The second-order valence-corrected chi connectivity index (χ2v) is 24.8. The molecule has 6 aromatic rings. The number of rotatable bonds is 13. The first-order valence-electron chi connectivity index (χ1n) is 28.7. The van der Waals surface area contributed by atoms with Crippen LogP contribution >= 0.6 is 0 Å². The number of anilines is 5. The molecule has 13 rings (SSSR count). The normalized spacial score (nSPS) is 22.6. The van der Waals surface area contributed by atoms with Crippen molar-refractivity contribution >= 4 is 61.2 Å². The monoisotopic (exact) mass is 1140 g/mol. The maximum atomic E-state index is 14.7. The lowest BCUT2D eigenvalue weighted by Gasteiger charge is -2.58. The molecular weight excluding hydrogens is 1070 g/mol. The van der Waals surface area contributed by atoms with Crippen molar-refractivity contribution < 1.29 is 41.8 Å². The van der Waals surface area contributed by atoms with Crippen LogP contribution in [0.3, 0.4) is 0 Å². The minimum absolute atomic E-state index is 0.000953. The van der Waals surface area contributed by atoms with Gasteiger partial charge < -0.3 is 48.7 Å². The van der Waals surface area contributed by atoms with Crippen LogP contribution in [-0.4, -0.2) is 160 Å². The number of methoxy groups -OCH3 is 1. The van der Waals surface area contributed by atoms with Gasteiger partial charge in [0.25, 0.3) is 15.9 Å². The smallest absolute Gasteiger partial charge is 0.300 e. The number of hydrogen-bond acceptors (Lipinski definition) is 19. The van der Waals surface area contributed by atoms with E-state index in [-0.39, 0.29) is 53.3 Å². The molecule has 0 bridgehead atoms. The topological polar surface area (TPSA) is 235 Å². The molecule has 7 aliphatic rings. The van der Waals surface area contributed by atoms with Crippen molar-refractivity contribution in [3.8, 4) is 17.5 Å². The van der Waals surface area contributed by atoms with E-state index in [4.69, 9.17) is 33.7 Å². The van der Waals surface area contributed by atoms with Crippen LogP contribution in [-0.2, 0) is 26.0 Å². The minimum atomic E-state index is -4.79. The highest BCUT2D eigenvalue weighted by Crippen LogP contribution is 2.54. The van der Waals surface area contributed by atoms with Gasteiger partial charge >= 0.3 is 5.69 Å². The second-order valence-electron chi connectivity index (χ2n) is 23.2. The number of ether oxygens (including phenoxy) is 5. The van der Waals surface area contributed by atoms with Crippen LogP contribution in [0.5, 0.6) is 17.5 Å². The molecule has 2 aromatic carbocycles. The van der Waals surface area contributed by atoms with Gasteiger partial charge in [-0.05, 0) is 117 Å². The summed E-state index contributed by atoms with van der Waals surface area (Å²) in [5, 5.41) is 15.8. The summed E-state index contributed by atoms with van der Waals surface area (Å²) in [7, 11) is -3.07. The number of nitrogens with zero attached hydrogens (tertiary/aromatic N) is 9. The first-order chi connectivity index (χ1) is 39.8. The SMILES string of the molecule is COc1cc(CN2CCN(C3CC4(CCN(c5ccc(C(=O)NS(=O)(=O)c6cc([N+](=O)[O-])c7c(n6)OC[C@H](C6CCOCC6)N7)c(N6C[C@H](C)Oc7nc8[nH]ccc8cc76)c5)CC4)C3)[C@H](c3ccccc3C)C2)cnc1N1CCOCC1. The fraction of sp³-hybridized carbons (Fsp3) is 0.492. The number of fused-ring (bicyclic) bond motifs is 3. The van der Waals surface area contributed by atoms with E-state index in [0.29, 0.717) is 61.9 Å². The van der Waals surface area contributed by atoms with E-state index in [0.717, 1.165) is 125 Å². The Labute approximate surface area is 476 Å². The lowest BCUT2D eigenvalue weighted by Crippen LogP contribution is -2.59. The van der Waals surface area contributed by atoms with E-state index < -0.39 is 31.6 Å². The highest BCUT2D eigenvalue weighted by molar-refractivity contribution is 7.90. The van der Waals surface area contributed by atoms with Crippen LogP contribution < -0.4 is 38.9 Å². The molecule has 1 amide bonds. The van der Waals surface area contributed by atoms with Gasteiger partial charge in [0.15, 0.2) is 22.3 Å². The molecule has 0 radical (unpaired) electrons. The molecule has 0 unspecified atom stereocenters. The van der Waals surface area contributed by atoms with E-state index in [1.165, 1.54) is 11.1 Å². The van der Waals surface area contributed by atoms with Gasteiger partial charge in [0.2, 0.25) is 11.8 Å². The van der Waals surface area contributed by atoms with Crippen LogP contribution in [0.25, 0.3) is 11.0 Å². The van der Waals surface area contributed by atoms with Crippen LogP contribution in [0.15, 0.2) is 84.1 Å². The number of aryl methyl sites for hydroxylation is 1. The fourth-order valence-electron chi connectivity index (χ4n) is 13.7. The summed E-state index contributed by atoms with van der Waals surface area (Å²) < 4.78 is 59.9. The van der Waals surface area contributed by atoms with E-state index >= 15 is 0 Å². The Kier molecular flexibility index (Phi) is 14.6. The number of piperidine rings is 1. The number of aromatic nitrogens is 4. The van der Waals surface area contributed by atoms with Crippen molar-refractivity contribution in [2.24, 2.45) is 11.3 Å². The lowest BCUT2D eigenvalue weighted by atomic mass is 9.59. The fourth-order valence-corrected chi connectivity index (χ4v) is 14.6. The molecule has 22 nitrogen and oxygen atoms in total. The third-order valence-corrected chi connectivity index (χ3v) is 19.3. The van der Waals surface area contributed by atoms with Gasteiger partial charge in [0.05, 0.1) is 55.2 Å². The third-order valence-electron chi connectivity index (χ3n) is 18.1. The number of nitro groups is 1. The zero-order chi connectivity index (χ0) is 56.3. The predicted molar refractivity (Wildman–Crippen MR) is 308 cm³/mol. The second kappa shape index (κ2) is 22.1. The van der Waals surface area contributed by atoms with Crippen LogP contribution in [0.2, 0.25) is 0 Å². The summed E-state index contributed by atoms with van der Waals surface area (Å²) in [6.07, 6.45) is 9.20. The molecule has 6 aliphatic heterocycles. The van der Waals surface area contributed by atoms with Gasteiger partial charge in [-0.25, -0.2) is 9.71 Å². The molecular formula is C59H70N12O10S. The zero-order valence-electron chi connectivity index (χ0n) is 46.6. The molecule has 4 aromatic heterocycles. The van der Waals surface area contributed by atoms with E-state index in [2.05, 4.69) is 76.9 Å². The number of carbonyl (C=O) groups excluding carboxylic acids is 1. The maximum Gasteiger partial charge on any atom is 0.300 e. The molecule has 23 heteroatoms. The number of pyridine rings is 3. The van der Waals surface area contributed by atoms with E-state index in [1.807, 2.05) is 42.3 Å². The molecule has 1 spiro atoms. The number of morpholine rings is 1. The summed E-state index contributed by atoms with van der Waals surface area (Å²) in [6, 6.07) is 21.6. The molecule has 3 N–H and O–H groups in total. The van der Waals surface area contributed by atoms with Crippen molar-refractivity contribution in [2.45, 2.75) is 88.2 Å². The largest absolute Gasteiger partial charge is 0.493 e. The number of aromatic amines is 1. The summed E-state index contributed by atoms with van der Waals surface area (Å²) in [5.74, 6) is 1.03. The van der Waals surface area contributed by atoms with Crippen LogP contribution in [0.4, 0.5) is 34.3 Å². The van der Waals surface area contributed by atoms with Crippen molar-refractivity contribution in [3.05, 3.63) is 111 Å². The predicted octanol–water partition coefficient (Wildman–Crippen LogP) is 7.36. The number of benzene rings is 2.